The SMILES string of the molecule is Cc1cccc(C(CNC(=O)CCC(C)N)N2CCOCC2)c1.Cl.Cl. The molecule has 7 heteroatoms. The molecular weight excluding hydrogens is 361 g/mol. The maximum Gasteiger partial charge on any atom is 0.220 e. The van der Waals surface area contributed by atoms with Crippen LogP contribution in [0.25, 0.3) is 0 Å². The molecule has 0 aliphatic carbocycles. The van der Waals surface area contributed by atoms with E-state index >= 15 is 0 Å². The predicted molar refractivity (Wildman–Crippen MR) is 107 cm³/mol. The van der Waals surface area contributed by atoms with Crippen LogP contribution in [0.5, 0.6) is 0 Å². The number of aryl methyl sites for hydroxylation is 1. The Balaban J connectivity index is 0.00000288. The molecule has 1 heterocycles. The minimum Gasteiger partial charge on any atom is -0.379 e. The van der Waals surface area contributed by atoms with E-state index in [-0.39, 0.29) is 42.8 Å². The molecule has 3 N–H and O–H groups in total. The zero-order chi connectivity index (χ0) is 16.7. The third kappa shape index (κ3) is 8.38. The molecule has 2 unspecified atom stereocenters. The number of halogens is 2. The number of carbonyl (C=O) groups excluding carboxylic acids is 1. The maximum absolute atomic E-state index is 12.0. The van der Waals surface area contributed by atoms with Crippen LogP contribution < -0.4 is 11.1 Å². The summed E-state index contributed by atoms with van der Waals surface area (Å²) in [6.45, 7) is 7.95. The van der Waals surface area contributed by atoms with Gasteiger partial charge < -0.3 is 15.8 Å². The fourth-order valence-corrected chi connectivity index (χ4v) is 2.88. The Kier molecular flexibility index (Phi) is 12.1. The van der Waals surface area contributed by atoms with Gasteiger partial charge in [-0.05, 0) is 25.8 Å². The summed E-state index contributed by atoms with van der Waals surface area (Å²) < 4.78 is 5.46. The Morgan fingerprint density at radius 2 is 2.00 bits per heavy atom. The van der Waals surface area contributed by atoms with Crippen LogP contribution in [0.2, 0.25) is 0 Å². The van der Waals surface area contributed by atoms with E-state index in [4.69, 9.17) is 10.5 Å². The van der Waals surface area contributed by atoms with E-state index in [9.17, 15) is 4.79 Å². The van der Waals surface area contributed by atoms with Crippen molar-refractivity contribution in [1.82, 2.24) is 10.2 Å². The highest BCUT2D eigenvalue weighted by atomic mass is 35.5. The topological polar surface area (TPSA) is 67.6 Å². The van der Waals surface area contributed by atoms with Crippen molar-refractivity contribution in [3.8, 4) is 0 Å². The molecule has 1 aromatic carbocycles. The van der Waals surface area contributed by atoms with E-state index < -0.39 is 0 Å². The van der Waals surface area contributed by atoms with Crippen molar-refractivity contribution in [3.05, 3.63) is 35.4 Å². The smallest absolute Gasteiger partial charge is 0.220 e. The van der Waals surface area contributed by atoms with Crippen LogP contribution in [0.3, 0.4) is 0 Å². The Morgan fingerprint density at radius 3 is 2.60 bits per heavy atom. The summed E-state index contributed by atoms with van der Waals surface area (Å²) in [6, 6.07) is 8.78. The molecule has 1 aromatic rings. The van der Waals surface area contributed by atoms with Crippen molar-refractivity contribution in [2.75, 3.05) is 32.8 Å². The average molecular weight is 392 g/mol. The molecule has 1 aliphatic rings. The van der Waals surface area contributed by atoms with Gasteiger partial charge >= 0.3 is 0 Å². The second-order valence-corrected chi connectivity index (χ2v) is 6.40. The molecule has 2 rings (SSSR count). The first kappa shape index (κ1) is 24.1. The number of amides is 1. The number of hydrogen-bond acceptors (Lipinski definition) is 4. The molecule has 25 heavy (non-hydrogen) atoms. The molecule has 0 aromatic heterocycles. The molecule has 0 radical (unpaired) electrons. The number of nitrogens with two attached hydrogens (primary N) is 1. The molecule has 1 saturated heterocycles. The molecule has 5 nitrogen and oxygen atoms in total. The number of morpholine rings is 1. The standard InChI is InChI=1S/C18H29N3O2.2ClH/c1-14-4-3-5-16(12-14)17(21-8-10-23-11-9-21)13-20-18(22)7-6-15(2)19;;/h3-5,12,15,17H,6-11,13,19H2,1-2H3,(H,20,22);2*1H. The minimum absolute atomic E-state index is 0. The molecule has 0 bridgehead atoms. The fraction of sp³-hybridized carbons (Fsp3) is 0.611. The number of carbonyl (C=O) groups is 1. The molecule has 1 amide bonds. The number of nitrogens with one attached hydrogen (secondary N) is 1. The lowest BCUT2D eigenvalue weighted by molar-refractivity contribution is -0.121. The van der Waals surface area contributed by atoms with Gasteiger partial charge in [0, 0.05) is 32.1 Å². The second-order valence-electron chi connectivity index (χ2n) is 6.40. The largest absolute Gasteiger partial charge is 0.379 e. The monoisotopic (exact) mass is 391 g/mol. The molecule has 1 aliphatic heterocycles. The van der Waals surface area contributed by atoms with Gasteiger partial charge in [0.15, 0.2) is 0 Å². The summed E-state index contributed by atoms with van der Waals surface area (Å²) in [7, 11) is 0. The van der Waals surface area contributed by atoms with Gasteiger partial charge in [-0.15, -0.1) is 24.8 Å². The Labute approximate surface area is 163 Å². The number of nitrogens with zero attached hydrogens (tertiary/aromatic N) is 1. The number of hydrogen-bond donors (Lipinski definition) is 2. The van der Waals surface area contributed by atoms with E-state index in [1.54, 1.807) is 0 Å². The summed E-state index contributed by atoms with van der Waals surface area (Å²) >= 11 is 0. The third-order valence-electron chi connectivity index (χ3n) is 4.23. The van der Waals surface area contributed by atoms with E-state index in [0.717, 1.165) is 32.7 Å². The van der Waals surface area contributed by atoms with Crippen LogP contribution >= 0.6 is 24.8 Å². The first-order valence-corrected chi connectivity index (χ1v) is 8.47. The van der Waals surface area contributed by atoms with Crippen molar-refractivity contribution in [3.63, 3.8) is 0 Å². The fourth-order valence-electron chi connectivity index (χ4n) is 2.88. The van der Waals surface area contributed by atoms with Crippen LogP contribution in [-0.4, -0.2) is 49.7 Å². The number of benzene rings is 1. The maximum atomic E-state index is 12.0. The van der Waals surface area contributed by atoms with Crippen LogP contribution in [0.15, 0.2) is 24.3 Å². The molecule has 0 spiro atoms. The zero-order valence-corrected chi connectivity index (χ0v) is 16.7. The summed E-state index contributed by atoms with van der Waals surface area (Å²) in [4.78, 5) is 14.4. The van der Waals surface area contributed by atoms with Gasteiger partial charge in [-0.2, -0.15) is 0 Å². The van der Waals surface area contributed by atoms with Crippen molar-refractivity contribution in [2.45, 2.75) is 38.8 Å². The quantitative estimate of drug-likeness (QED) is 0.748. The lowest BCUT2D eigenvalue weighted by atomic mass is 10.0. The van der Waals surface area contributed by atoms with Gasteiger partial charge in [0.1, 0.15) is 0 Å². The van der Waals surface area contributed by atoms with E-state index in [2.05, 4.69) is 41.4 Å². The second kappa shape index (κ2) is 12.5. The van der Waals surface area contributed by atoms with Crippen molar-refractivity contribution in [1.29, 1.82) is 0 Å². The Hall–Kier alpha value is -0.850. The van der Waals surface area contributed by atoms with Crippen LogP contribution in [0.1, 0.15) is 36.9 Å². The van der Waals surface area contributed by atoms with Gasteiger partial charge in [-0.3, -0.25) is 9.69 Å². The van der Waals surface area contributed by atoms with Crippen molar-refractivity contribution < 1.29 is 9.53 Å². The molecule has 0 saturated carbocycles. The summed E-state index contributed by atoms with van der Waals surface area (Å²) in [6.07, 6.45) is 1.21. The molecular formula is C18H31Cl2N3O2. The average Bonchev–Trinajstić information content (AvgIpc) is 2.54. The van der Waals surface area contributed by atoms with Crippen LogP contribution in [0.4, 0.5) is 0 Å². The zero-order valence-electron chi connectivity index (χ0n) is 15.1. The van der Waals surface area contributed by atoms with Crippen molar-refractivity contribution in [2.24, 2.45) is 5.73 Å². The van der Waals surface area contributed by atoms with Gasteiger partial charge in [0.25, 0.3) is 0 Å². The number of ether oxygens (including phenoxy) is 1. The van der Waals surface area contributed by atoms with E-state index in [1.165, 1.54) is 11.1 Å². The highest BCUT2D eigenvalue weighted by Crippen LogP contribution is 2.22. The highest BCUT2D eigenvalue weighted by molar-refractivity contribution is 5.85. The van der Waals surface area contributed by atoms with E-state index in [1.807, 2.05) is 6.92 Å². The lowest BCUT2D eigenvalue weighted by Gasteiger charge is -2.35. The predicted octanol–water partition coefficient (Wildman–Crippen LogP) is 2.46. The normalized spacial score (nSPS) is 16.9. The summed E-state index contributed by atoms with van der Waals surface area (Å²) in [5, 5.41) is 3.08. The van der Waals surface area contributed by atoms with Gasteiger partial charge in [0.05, 0.1) is 19.3 Å². The van der Waals surface area contributed by atoms with Crippen LogP contribution in [-0.2, 0) is 9.53 Å². The first-order valence-electron chi connectivity index (χ1n) is 8.47. The summed E-state index contributed by atoms with van der Waals surface area (Å²) in [5.41, 5.74) is 8.21. The van der Waals surface area contributed by atoms with Crippen LogP contribution in [0, 0.1) is 6.92 Å². The highest BCUT2D eigenvalue weighted by Gasteiger charge is 2.23. The minimum atomic E-state index is 0. The number of rotatable bonds is 7. The Morgan fingerprint density at radius 1 is 1.32 bits per heavy atom. The Bertz CT molecular complexity index is 509. The lowest BCUT2D eigenvalue weighted by Crippen LogP contribution is -2.44. The van der Waals surface area contributed by atoms with Gasteiger partial charge in [-0.1, -0.05) is 29.8 Å². The molecule has 144 valence electrons. The van der Waals surface area contributed by atoms with Gasteiger partial charge in [-0.25, -0.2) is 0 Å². The molecule has 2 atom stereocenters. The first-order chi connectivity index (χ1) is 11.1. The van der Waals surface area contributed by atoms with Crippen molar-refractivity contribution >= 4 is 30.7 Å². The molecule has 1 fully saturated rings. The third-order valence-corrected chi connectivity index (χ3v) is 4.23. The summed E-state index contributed by atoms with van der Waals surface area (Å²) in [5.74, 6) is 0.0770. The van der Waals surface area contributed by atoms with E-state index in [0.29, 0.717) is 13.0 Å². The van der Waals surface area contributed by atoms with Gasteiger partial charge in [0.2, 0.25) is 5.91 Å².